The van der Waals surface area contributed by atoms with Gasteiger partial charge >= 0.3 is 5.97 Å². The van der Waals surface area contributed by atoms with Crippen LogP contribution in [0.1, 0.15) is 36.2 Å². The average Bonchev–Trinajstić information content (AvgIpc) is 2.64. The molecule has 0 bridgehead atoms. The predicted octanol–water partition coefficient (Wildman–Crippen LogP) is 3.58. The lowest BCUT2D eigenvalue weighted by Gasteiger charge is -2.09. The highest BCUT2D eigenvalue weighted by Gasteiger charge is 2.09. The molecule has 0 aliphatic carbocycles. The van der Waals surface area contributed by atoms with Crippen LogP contribution in [-0.2, 0) is 16.1 Å². The molecular formula is C21H25NO4. The third-order valence-corrected chi connectivity index (χ3v) is 3.53. The molecule has 0 radical (unpaired) electrons. The monoisotopic (exact) mass is 355 g/mol. The number of esters is 1. The van der Waals surface area contributed by atoms with Crippen molar-refractivity contribution in [2.45, 2.75) is 26.8 Å². The van der Waals surface area contributed by atoms with E-state index in [4.69, 9.17) is 9.47 Å². The number of rotatable bonds is 9. The van der Waals surface area contributed by atoms with Gasteiger partial charge in [-0.2, -0.15) is 0 Å². The average molecular weight is 355 g/mol. The van der Waals surface area contributed by atoms with Gasteiger partial charge in [0, 0.05) is 18.7 Å². The van der Waals surface area contributed by atoms with Gasteiger partial charge in [0.05, 0.1) is 13.0 Å². The number of nitrogens with one attached hydrogen (secondary N) is 1. The first-order valence-corrected chi connectivity index (χ1v) is 8.75. The van der Waals surface area contributed by atoms with Crippen molar-refractivity contribution in [3.05, 3.63) is 65.7 Å². The summed E-state index contributed by atoms with van der Waals surface area (Å²) in [6.07, 6.45) is 0.178. The molecule has 1 N–H and O–H groups in total. The first-order chi connectivity index (χ1) is 12.5. The van der Waals surface area contributed by atoms with Crippen molar-refractivity contribution in [1.82, 2.24) is 5.32 Å². The Morgan fingerprint density at radius 1 is 1.04 bits per heavy atom. The maximum Gasteiger partial charge on any atom is 0.313 e. The number of carbonyl (C=O) groups is 2. The van der Waals surface area contributed by atoms with E-state index in [2.05, 4.69) is 5.32 Å². The topological polar surface area (TPSA) is 64.6 Å². The van der Waals surface area contributed by atoms with Gasteiger partial charge in [0.1, 0.15) is 5.75 Å². The van der Waals surface area contributed by atoms with Crippen LogP contribution < -0.4 is 10.1 Å². The Balaban J connectivity index is 1.82. The molecule has 0 aromatic heterocycles. The van der Waals surface area contributed by atoms with Crippen molar-refractivity contribution in [3.63, 3.8) is 0 Å². The Morgan fingerprint density at radius 2 is 1.81 bits per heavy atom. The second-order valence-electron chi connectivity index (χ2n) is 6.39. The van der Waals surface area contributed by atoms with Crippen LogP contribution in [0.25, 0.3) is 0 Å². The summed E-state index contributed by atoms with van der Waals surface area (Å²) in [6, 6.07) is 16.3. The maximum absolute atomic E-state index is 12.3. The van der Waals surface area contributed by atoms with Crippen LogP contribution >= 0.6 is 0 Å². The van der Waals surface area contributed by atoms with Gasteiger partial charge < -0.3 is 14.8 Å². The van der Waals surface area contributed by atoms with Gasteiger partial charge in [-0.25, -0.2) is 0 Å². The van der Waals surface area contributed by atoms with Gasteiger partial charge in [-0.15, -0.1) is 0 Å². The molecule has 138 valence electrons. The van der Waals surface area contributed by atoms with Gasteiger partial charge in [-0.05, 0) is 29.7 Å². The third-order valence-electron chi connectivity index (χ3n) is 3.53. The molecule has 2 aromatic carbocycles. The molecule has 1 amide bonds. The molecule has 0 heterocycles. The SMILES string of the molecule is CC(C)COCCC(=O)Oc1cccc(C(=O)NCc2ccccc2)c1. The van der Waals surface area contributed by atoms with Crippen LogP contribution in [0, 0.1) is 5.92 Å². The molecule has 0 spiro atoms. The molecule has 0 aliphatic heterocycles. The van der Waals surface area contributed by atoms with E-state index >= 15 is 0 Å². The fourth-order valence-corrected chi connectivity index (χ4v) is 2.24. The van der Waals surface area contributed by atoms with E-state index < -0.39 is 0 Å². The zero-order chi connectivity index (χ0) is 18.8. The molecule has 5 heteroatoms. The van der Waals surface area contributed by atoms with E-state index in [-0.39, 0.29) is 18.3 Å². The smallest absolute Gasteiger partial charge is 0.313 e. The molecular weight excluding hydrogens is 330 g/mol. The summed E-state index contributed by atoms with van der Waals surface area (Å²) in [4.78, 5) is 24.1. The van der Waals surface area contributed by atoms with Crippen LogP contribution in [-0.4, -0.2) is 25.1 Å². The minimum Gasteiger partial charge on any atom is -0.426 e. The molecule has 2 aromatic rings. The number of ether oxygens (including phenoxy) is 2. The largest absolute Gasteiger partial charge is 0.426 e. The fraction of sp³-hybridized carbons (Fsp3) is 0.333. The summed E-state index contributed by atoms with van der Waals surface area (Å²) in [5, 5.41) is 2.85. The van der Waals surface area contributed by atoms with Gasteiger partial charge in [0.25, 0.3) is 5.91 Å². The highest BCUT2D eigenvalue weighted by atomic mass is 16.5. The van der Waals surface area contributed by atoms with Crippen LogP contribution in [0.2, 0.25) is 0 Å². The van der Waals surface area contributed by atoms with Crippen LogP contribution in [0.15, 0.2) is 54.6 Å². The Morgan fingerprint density at radius 3 is 2.54 bits per heavy atom. The van der Waals surface area contributed by atoms with Gasteiger partial charge in [-0.3, -0.25) is 9.59 Å². The van der Waals surface area contributed by atoms with E-state index in [1.54, 1.807) is 24.3 Å². The second kappa shape index (κ2) is 10.4. The molecule has 2 rings (SSSR count). The van der Waals surface area contributed by atoms with Crippen LogP contribution in [0.5, 0.6) is 5.75 Å². The molecule has 0 fully saturated rings. The zero-order valence-corrected chi connectivity index (χ0v) is 15.2. The van der Waals surface area contributed by atoms with E-state index in [0.717, 1.165) is 5.56 Å². The predicted molar refractivity (Wildman–Crippen MR) is 100.0 cm³/mol. The van der Waals surface area contributed by atoms with Crippen LogP contribution in [0.3, 0.4) is 0 Å². The number of carbonyl (C=O) groups excluding carboxylic acids is 2. The Bertz CT molecular complexity index is 713. The summed E-state index contributed by atoms with van der Waals surface area (Å²) >= 11 is 0. The number of hydrogen-bond donors (Lipinski definition) is 1. The van der Waals surface area contributed by atoms with Crippen LogP contribution in [0.4, 0.5) is 0 Å². The Hall–Kier alpha value is -2.66. The number of hydrogen-bond acceptors (Lipinski definition) is 4. The van der Waals surface area contributed by atoms with Crippen molar-refractivity contribution in [2.75, 3.05) is 13.2 Å². The summed E-state index contributed by atoms with van der Waals surface area (Å²) in [6.45, 7) is 5.48. The quantitative estimate of drug-likeness (QED) is 0.424. The molecule has 0 atom stereocenters. The fourth-order valence-electron chi connectivity index (χ4n) is 2.24. The Labute approximate surface area is 154 Å². The zero-order valence-electron chi connectivity index (χ0n) is 15.2. The lowest BCUT2D eigenvalue weighted by atomic mass is 10.2. The number of benzene rings is 2. The lowest BCUT2D eigenvalue weighted by Crippen LogP contribution is -2.22. The Kier molecular flexibility index (Phi) is 7.83. The maximum atomic E-state index is 12.3. The van der Waals surface area contributed by atoms with Crippen molar-refractivity contribution in [1.29, 1.82) is 0 Å². The van der Waals surface area contributed by atoms with Gasteiger partial charge in [-0.1, -0.05) is 50.2 Å². The molecule has 0 saturated carbocycles. The molecule has 0 saturated heterocycles. The molecule has 26 heavy (non-hydrogen) atoms. The third kappa shape index (κ3) is 7.07. The summed E-state index contributed by atoms with van der Waals surface area (Å²) < 4.78 is 10.7. The normalized spacial score (nSPS) is 10.6. The summed E-state index contributed by atoms with van der Waals surface area (Å²) in [5.74, 6) is 0.186. The lowest BCUT2D eigenvalue weighted by molar-refractivity contribution is -0.135. The second-order valence-corrected chi connectivity index (χ2v) is 6.39. The molecule has 5 nitrogen and oxygen atoms in total. The van der Waals surface area contributed by atoms with E-state index in [9.17, 15) is 9.59 Å². The van der Waals surface area contributed by atoms with Crippen molar-refractivity contribution in [2.24, 2.45) is 5.92 Å². The van der Waals surface area contributed by atoms with Crippen molar-refractivity contribution in [3.8, 4) is 5.75 Å². The number of amides is 1. The minimum atomic E-state index is -0.379. The van der Waals surface area contributed by atoms with Crippen molar-refractivity contribution < 1.29 is 19.1 Å². The molecule has 0 unspecified atom stereocenters. The highest BCUT2D eigenvalue weighted by Crippen LogP contribution is 2.14. The summed E-state index contributed by atoms with van der Waals surface area (Å²) in [5.41, 5.74) is 1.46. The summed E-state index contributed by atoms with van der Waals surface area (Å²) in [7, 11) is 0. The molecule has 0 aliphatic rings. The van der Waals surface area contributed by atoms with E-state index in [1.165, 1.54) is 0 Å². The first kappa shape index (κ1) is 19.7. The first-order valence-electron chi connectivity index (χ1n) is 8.75. The standard InChI is InChI=1S/C21H25NO4/c1-16(2)15-25-12-11-20(23)26-19-10-6-9-18(13-19)21(24)22-14-17-7-4-3-5-8-17/h3-10,13,16H,11-12,14-15H2,1-2H3,(H,22,24). The highest BCUT2D eigenvalue weighted by molar-refractivity contribution is 5.94. The van der Waals surface area contributed by atoms with Crippen molar-refractivity contribution >= 4 is 11.9 Å². The van der Waals surface area contributed by atoms with E-state index in [0.29, 0.717) is 37.0 Å². The van der Waals surface area contributed by atoms with E-state index in [1.807, 2.05) is 44.2 Å². The minimum absolute atomic E-state index is 0.178. The van der Waals surface area contributed by atoms with Gasteiger partial charge in [0.2, 0.25) is 0 Å². The van der Waals surface area contributed by atoms with Gasteiger partial charge in [0.15, 0.2) is 0 Å².